The number of unbranched alkanes of at least 4 members (excludes halogenated alkanes) is 10. The van der Waals surface area contributed by atoms with Gasteiger partial charge in [-0.1, -0.05) is 139 Å². The molecule has 0 bridgehead atoms. The van der Waals surface area contributed by atoms with Crippen LogP contribution in [0.15, 0.2) is 60.7 Å². The van der Waals surface area contributed by atoms with Crippen LogP contribution < -0.4 is 0 Å². The quantitative estimate of drug-likeness (QED) is 0.105. The Kier molecular flexibility index (Phi) is 13.3. The molecule has 0 nitrogen and oxygen atoms in total. The van der Waals surface area contributed by atoms with Crippen molar-refractivity contribution >= 4 is 56.4 Å². The minimum Gasteiger partial charge on any atom is -0.135 e. The molecule has 4 aromatic rings. The lowest BCUT2D eigenvalue weighted by atomic mass is 10.0. The molecule has 0 saturated carbocycles. The van der Waals surface area contributed by atoms with Crippen molar-refractivity contribution in [2.24, 2.45) is 0 Å². The first-order valence-corrected chi connectivity index (χ1v) is 17.4. The minimum atomic E-state index is 1.21. The standard InChI is InChI=1S/C38H48S2/c1-3-5-7-9-11-13-15-31-17-21-33(22-18-31)25-27-35-29-37-38(39-35)30-36(40-37)28-26-34-23-19-32(20-24-34)16-14-12-10-8-6-4-2/h17-30H,3-16H2,1-2H3/b27-25+,28-26+. The molecular formula is C38H48S2. The normalized spacial score (nSPS) is 11.9. The summed E-state index contributed by atoms with van der Waals surface area (Å²) in [5, 5.41) is 0. The van der Waals surface area contributed by atoms with Crippen LogP contribution in [0.2, 0.25) is 0 Å². The Morgan fingerprint density at radius 1 is 0.450 bits per heavy atom. The van der Waals surface area contributed by atoms with Gasteiger partial charge in [-0.05, 0) is 72.2 Å². The zero-order chi connectivity index (χ0) is 27.8. The van der Waals surface area contributed by atoms with Crippen LogP contribution in [-0.2, 0) is 12.8 Å². The topological polar surface area (TPSA) is 0 Å². The summed E-state index contributed by atoms with van der Waals surface area (Å²) >= 11 is 3.77. The van der Waals surface area contributed by atoms with E-state index in [1.54, 1.807) is 0 Å². The fourth-order valence-corrected chi connectivity index (χ4v) is 7.43. The average molecular weight is 569 g/mol. The molecule has 212 valence electrons. The van der Waals surface area contributed by atoms with Gasteiger partial charge >= 0.3 is 0 Å². The Balaban J connectivity index is 1.22. The van der Waals surface area contributed by atoms with Crippen LogP contribution >= 0.6 is 22.7 Å². The summed E-state index contributed by atoms with van der Waals surface area (Å²) in [6, 6.07) is 23.0. The second-order valence-corrected chi connectivity index (χ2v) is 13.4. The third-order valence-corrected chi connectivity index (χ3v) is 9.95. The van der Waals surface area contributed by atoms with Gasteiger partial charge in [0.2, 0.25) is 0 Å². The van der Waals surface area contributed by atoms with E-state index < -0.39 is 0 Å². The summed E-state index contributed by atoms with van der Waals surface area (Å²) in [5.41, 5.74) is 5.50. The van der Waals surface area contributed by atoms with Crippen molar-refractivity contribution in [1.29, 1.82) is 0 Å². The Hall–Kier alpha value is -2.42. The van der Waals surface area contributed by atoms with E-state index in [-0.39, 0.29) is 0 Å². The van der Waals surface area contributed by atoms with Crippen LogP contribution in [0.4, 0.5) is 0 Å². The van der Waals surface area contributed by atoms with E-state index >= 15 is 0 Å². The first-order chi connectivity index (χ1) is 19.7. The maximum Gasteiger partial charge on any atom is 0.0463 e. The largest absolute Gasteiger partial charge is 0.135 e. The molecule has 4 rings (SSSR count). The molecule has 0 saturated heterocycles. The molecule has 0 N–H and O–H groups in total. The predicted octanol–water partition coefficient (Wildman–Crippen LogP) is 13.1. The number of fused-ring (bicyclic) bond motifs is 1. The van der Waals surface area contributed by atoms with Crippen molar-refractivity contribution in [3.05, 3.63) is 92.7 Å². The maximum absolute atomic E-state index is 2.34. The van der Waals surface area contributed by atoms with E-state index in [2.05, 4.69) is 98.8 Å². The van der Waals surface area contributed by atoms with Crippen molar-refractivity contribution in [2.45, 2.75) is 104 Å². The molecule has 0 aliphatic carbocycles. The zero-order valence-corrected chi connectivity index (χ0v) is 26.4. The molecule has 2 aromatic heterocycles. The van der Waals surface area contributed by atoms with Crippen LogP contribution in [0.25, 0.3) is 33.7 Å². The molecule has 40 heavy (non-hydrogen) atoms. The van der Waals surface area contributed by atoms with Crippen molar-refractivity contribution < 1.29 is 0 Å². The first kappa shape index (κ1) is 30.5. The van der Waals surface area contributed by atoms with Crippen LogP contribution in [0, 0.1) is 0 Å². The van der Waals surface area contributed by atoms with Gasteiger partial charge in [-0.2, -0.15) is 0 Å². The van der Waals surface area contributed by atoms with Crippen LogP contribution in [0.1, 0.15) is 123 Å². The first-order valence-electron chi connectivity index (χ1n) is 15.8. The third-order valence-electron chi connectivity index (χ3n) is 7.72. The summed E-state index contributed by atoms with van der Waals surface area (Å²) in [4.78, 5) is 2.66. The van der Waals surface area contributed by atoms with Gasteiger partial charge < -0.3 is 0 Å². The SMILES string of the molecule is CCCCCCCCc1ccc(/C=C/c2cc3sc(/C=C/c4ccc(CCCCCCCC)cc4)cc3s2)cc1. The highest BCUT2D eigenvalue weighted by Crippen LogP contribution is 2.35. The van der Waals surface area contributed by atoms with E-state index in [0.717, 1.165) is 0 Å². The molecule has 2 aromatic carbocycles. The average Bonchev–Trinajstić information content (AvgIpc) is 3.54. The van der Waals surface area contributed by atoms with Gasteiger partial charge in [0.05, 0.1) is 0 Å². The van der Waals surface area contributed by atoms with E-state index in [1.807, 2.05) is 22.7 Å². The van der Waals surface area contributed by atoms with Crippen molar-refractivity contribution in [3.8, 4) is 0 Å². The summed E-state index contributed by atoms with van der Waals surface area (Å²) in [7, 11) is 0. The van der Waals surface area contributed by atoms with E-state index in [4.69, 9.17) is 0 Å². The smallest absolute Gasteiger partial charge is 0.0463 e. The van der Waals surface area contributed by atoms with Crippen LogP contribution in [-0.4, -0.2) is 0 Å². The molecule has 0 unspecified atom stereocenters. The number of aryl methyl sites for hydroxylation is 2. The number of hydrogen-bond acceptors (Lipinski definition) is 2. The molecule has 0 aliphatic heterocycles. The van der Waals surface area contributed by atoms with E-state index in [9.17, 15) is 0 Å². The summed E-state index contributed by atoms with van der Waals surface area (Å²) in [6.07, 6.45) is 27.8. The maximum atomic E-state index is 2.34. The molecule has 0 fully saturated rings. The Morgan fingerprint density at radius 3 is 1.23 bits per heavy atom. The Bertz CT molecular complexity index is 1170. The van der Waals surface area contributed by atoms with Crippen molar-refractivity contribution in [3.63, 3.8) is 0 Å². The predicted molar refractivity (Wildman–Crippen MR) is 185 cm³/mol. The lowest BCUT2D eigenvalue weighted by Gasteiger charge is -2.03. The highest BCUT2D eigenvalue weighted by atomic mass is 32.1. The zero-order valence-electron chi connectivity index (χ0n) is 24.8. The minimum absolute atomic E-state index is 1.21. The van der Waals surface area contributed by atoms with Crippen molar-refractivity contribution in [2.75, 3.05) is 0 Å². The summed E-state index contributed by atoms with van der Waals surface area (Å²) in [5.74, 6) is 0. The summed E-state index contributed by atoms with van der Waals surface area (Å²) in [6.45, 7) is 4.56. The third kappa shape index (κ3) is 10.5. The highest BCUT2D eigenvalue weighted by molar-refractivity contribution is 7.28. The van der Waals surface area contributed by atoms with Gasteiger partial charge in [0.25, 0.3) is 0 Å². The summed E-state index contributed by atoms with van der Waals surface area (Å²) < 4.78 is 2.76. The van der Waals surface area contributed by atoms with Gasteiger partial charge in [0, 0.05) is 19.2 Å². The molecule has 2 heterocycles. The fourth-order valence-electron chi connectivity index (χ4n) is 5.20. The molecule has 0 spiro atoms. The molecule has 0 radical (unpaired) electrons. The number of thiophene rings is 2. The van der Waals surface area contributed by atoms with Crippen molar-refractivity contribution in [1.82, 2.24) is 0 Å². The van der Waals surface area contributed by atoms with E-state index in [0.29, 0.717) is 0 Å². The van der Waals surface area contributed by atoms with Crippen LogP contribution in [0.3, 0.4) is 0 Å². The molecule has 0 atom stereocenters. The number of benzene rings is 2. The van der Waals surface area contributed by atoms with E-state index in [1.165, 1.54) is 131 Å². The number of rotatable bonds is 18. The highest BCUT2D eigenvalue weighted by Gasteiger charge is 2.04. The number of hydrogen-bond donors (Lipinski definition) is 0. The second-order valence-electron chi connectivity index (χ2n) is 11.2. The van der Waals surface area contributed by atoms with Gasteiger partial charge in [-0.15, -0.1) is 22.7 Å². The van der Waals surface area contributed by atoms with Gasteiger partial charge in [0.15, 0.2) is 0 Å². The molecule has 0 amide bonds. The monoisotopic (exact) mass is 568 g/mol. The molecular weight excluding hydrogens is 521 g/mol. The molecule has 0 aliphatic rings. The lowest BCUT2D eigenvalue weighted by Crippen LogP contribution is -1.86. The van der Waals surface area contributed by atoms with Gasteiger partial charge in [-0.25, -0.2) is 0 Å². The lowest BCUT2D eigenvalue weighted by molar-refractivity contribution is 0.607. The Morgan fingerprint density at radius 2 is 0.825 bits per heavy atom. The molecule has 2 heteroatoms. The van der Waals surface area contributed by atoms with Crippen LogP contribution in [0.5, 0.6) is 0 Å². The van der Waals surface area contributed by atoms with Gasteiger partial charge in [-0.3, -0.25) is 0 Å². The van der Waals surface area contributed by atoms with Gasteiger partial charge in [0.1, 0.15) is 0 Å². The second kappa shape index (κ2) is 17.4. The Labute approximate surface area is 251 Å². The fraction of sp³-hybridized carbons (Fsp3) is 0.421.